The molecule has 0 unspecified atom stereocenters. The number of H-pyrrole nitrogens is 1. The Balaban J connectivity index is 0.00000106. The molecule has 0 aliphatic heterocycles. The fourth-order valence-corrected chi connectivity index (χ4v) is 2.87. The summed E-state index contributed by atoms with van der Waals surface area (Å²) in [7, 11) is 0. The number of ketones is 1. The SMILES string of the molecule is CC(C)=O.O=[N+]([O-])c1ccc(-c2n[nH]c(-c3ccc([N+](=O)[O-])cc3[N+](=O)[O-])c2[N+](=O)[O-])c([N+](=O)[O-])c1. The van der Waals surface area contributed by atoms with Crippen LogP contribution in [0, 0.1) is 50.6 Å². The number of nitro benzene ring substituents is 4. The fraction of sp³-hybridized carbons (Fsp3) is 0.111. The molecule has 0 fully saturated rings. The van der Waals surface area contributed by atoms with Crippen LogP contribution in [-0.4, -0.2) is 40.6 Å². The number of carbonyl (C=O) groups is 1. The zero-order valence-corrected chi connectivity index (χ0v) is 18.1. The van der Waals surface area contributed by atoms with Crippen LogP contribution >= 0.6 is 0 Å². The molecule has 0 atom stereocenters. The number of non-ortho nitro benzene ring substituents is 2. The summed E-state index contributed by atoms with van der Waals surface area (Å²) in [6.07, 6.45) is 0. The molecule has 0 amide bonds. The van der Waals surface area contributed by atoms with Crippen LogP contribution in [0.3, 0.4) is 0 Å². The zero-order chi connectivity index (χ0) is 27.3. The molecule has 36 heavy (non-hydrogen) atoms. The average Bonchev–Trinajstić information content (AvgIpc) is 3.22. The lowest BCUT2D eigenvalue weighted by Gasteiger charge is -2.02. The average molecular weight is 503 g/mol. The van der Waals surface area contributed by atoms with Gasteiger partial charge in [0.25, 0.3) is 22.7 Å². The third-order valence-electron chi connectivity index (χ3n) is 4.23. The van der Waals surface area contributed by atoms with Gasteiger partial charge in [0.1, 0.15) is 5.78 Å². The van der Waals surface area contributed by atoms with Gasteiger partial charge in [-0.25, -0.2) is 0 Å². The number of aromatic amines is 1. The Hall–Kier alpha value is -5.68. The summed E-state index contributed by atoms with van der Waals surface area (Å²) in [4.78, 5) is 61.0. The molecule has 3 aromatic rings. The molecule has 0 bridgehead atoms. The minimum absolute atomic E-state index is 0.167. The predicted octanol–water partition coefficient (Wildman–Crippen LogP) is 3.88. The van der Waals surface area contributed by atoms with E-state index in [2.05, 4.69) is 10.2 Å². The summed E-state index contributed by atoms with van der Waals surface area (Å²) in [6.45, 7) is 3.06. The first-order valence-electron chi connectivity index (χ1n) is 9.32. The second-order valence-electron chi connectivity index (χ2n) is 6.89. The molecule has 1 heterocycles. The minimum atomic E-state index is -1.01. The number of hydrogen-bond acceptors (Lipinski definition) is 12. The Labute approximate surface area is 197 Å². The lowest BCUT2D eigenvalue weighted by molar-refractivity contribution is -0.394. The van der Waals surface area contributed by atoms with Gasteiger partial charge in [0.2, 0.25) is 0 Å². The number of nitro groups is 5. The Morgan fingerprint density at radius 1 is 0.694 bits per heavy atom. The summed E-state index contributed by atoms with van der Waals surface area (Å²) in [6, 6.07) is 4.70. The van der Waals surface area contributed by atoms with Gasteiger partial charge in [-0.3, -0.25) is 55.7 Å². The van der Waals surface area contributed by atoms with Crippen molar-refractivity contribution in [3.05, 3.63) is 87.0 Å². The maximum Gasteiger partial charge on any atom is 0.323 e. The predicted molar refractivity (Wildman–Crippen MR) is 119 cm³/mol. The molecule has 2 aromatic carbocycles. The van der Waals surface area contributed by atoms with Gasteiger partial charge in [-0.1, -0.05) is 0 Å². The van der Waals surface area contributed by atoms with Gasteiger partial charge >= 0.3 is 5.69 Å². The first-order chi connectivity index (χ1) is 16.8. The van der Waals surface area contributed by atoms with Crippen molar-refractivity contribution in [2.75, 3.05) is 0 Å². The van der Waals surface area contributed by atoms with Crippen LogP contribution in [0.4, 0.5) is 28.4 Å². The number of rotatable bonds is 7. The summed E-state index contributed by atoms with van der Waals surface area (Å²) in [5.74, 6) is 0.167. The first-order valence-corrected chi connectivity index (χ1v) is 9.32. The molecular formula is C18H13N7O11. The van der Waals surface area contributed by atoms with Gasteiger partial charge in [-0.05, 0) is 26.0 Å². The number of benzene rings is 2. The Kier molecular flexibility index (Phi) is 7.75. The van der Waals surface area contributed by atoms with E-state index in [1.165, 1.54) is 13.8 Å². The largest absolute Gasteiger partial charge is 0.323 e. The quantitative estimate of drug-likeness (QED) is 0.355. The highest BCUT2D eigenvalue weighted by molar-refractivity contribution is 5.88. The van der Waals surface area contributed by atoms with E-state index in [1.54, 1.807) is 0 Å². The maximum atomic E-state index is 11.8. The van der Waals surface area contributed by atoms with E-state index in [1.807, 2.05) is 0 Å². The standard InChI is InChI=1S/C15H7N7O10.C3H6O/c23-18(24)7-1-3-9(11(5-7)20(27)28)13-15(22(31)32)14(17-16-13)10-4-2-8(19(25)26)6-12(10)21(29)30;1-3(2)4/h1-6H,(H,16,17);1-2H3. The third-order valence-corrected chi connectivity index (χ3v) is 4.23. The maximum absolute atomic E-state index is 11.8. The van der Waals surface area contributed by atoms with Crippen molar-refractivity contribution in [3.8, 4) is 22.5 Å². The highest BCUT2D eigenvalue weighted by Gasteiger charge is 2.35. The van der Waals surface area contributed by atoms with Crippen LogP contribution in [0.25, 0.3) is 22.5 Å². The molecule has 18 heteroatoms. The van der Waals surface area contributed by atoms with E-state index in [0.717, 1.165) is 24.3 Å². The molecule has 18 nitrogen and oxygen atoms in total. The third kappa shape index (κ3) is 5.62. The summed E-state index contributed by atoms with van der Waals surface area (Å²) >= 11 is 0. The number of aromatic nitrogens is 2. The van der Waals surface area contributed by atoms with Crippen molar-refractivity contribution >= 4 is 34.2 Å². The van der Waals surface area contributed by atoms with E-state index in [-0.39, 0.29) is 5.78 Å². The molecule has 1 aromatic heterocycles. The normalized spacial score (nSPS) is 10.1. The zero-order valence-electron chi connectivity index (χ0n) is 18.1. The molecule has 0 aliphatic rings. The number of nitrogens with one attached hydrogen (secondary N) is 1. The summed E-state index contributed by atoms with van der Waals surface area (Å²) < 4.78 is 0. The highest BCUT2D eigenvalue weighted by atomic mass is 16.6. The molecule has 0 radical (unpaired) electrons. The second kappa shape index (κ2) is 10.5. The molecule has 0 saturated heterocycles. The van der Waals surface area contributed by atoms with Crippen molar-refractivity contribution < 1.29 is 29.4 Å². The van der Waals surface area contributed by atoms with E-state index < -0.39 is 75.6 Å². The number of Topliss-reactive ketones (excluding diaryl/α,β-unsaturated/α-hetero) is 1. The van der Waals surface area contributed by atoms with Gasteiger partial charge in [0.15, 0.2) is 11.4 Å². The molecule has 186 valence electrons. The monoisotopic (exact) mass is 503 g/mol. The second-order valence-corrected chi connectivity index (χ2v) is 6.89. The number of hydrogen-bond donors (Lipinski definition) is 1. The molecular weight excluding hydrogens is 490 g/mol. The van der Waals surface area contributed by atoms with Crippen LogP contribution in [0.15, 0.2) is 36.4 Å². The summed E-state index contributed by atoms with van der Waals surface area (Å²) in [5.41, 5.74) is -5.96. The molecule has 0 saturated carbocycles. The van der Waals surface area contributed by atoms with E-state index in [0.29, 0.717) is 12.1 Å². The Bertz CT molecular complexity index is 1330. The number of carbonyl (C=O) groups excluding carboxylic acids is 1. The molecule has 1 N–H and O–H groups in total. The van der Waals surface area contributed by atoms with Crippen LogP contribution in [0.5, 0.6) is 0 Å². The molecule has 0 spiro atoms. The van der Waals surface area contributed by atoms with Crippen molar-refractivity contribution in [1.82, 2.24) is 10.2 Å². The smallest absolute Gasteiger partial charge is 0.300 e. The topological polar surface area (TPSA) is 261 Å². The van der Waals surface area contributed by atoms with Crippen LogP contribution in [0.1, 0.15) is 13.8 Å². The number of nitrogens with zero attached hydrogens (tertiary/aromatic N) is 6. The van der Waals surface area contributed by atoms with Crippen molar-refractivity contribution in [2.45, 2.75) is 13.8 Å². The van der Waals surface area contributed by atoms with Crippen LogP contribution in [-0.2, 0) is 4.79 Å². The molecule has 3 rings (SSSR count). The Morgan fingerprint density at radius 2 is 1.11 bits per heavy atom. The lowest BCUT2D eigenvalue weighted by Crippen LogP contribution is -1.99. The van der Waals surface area contributed by atoms with E-state index in [4.69, 9.17) is 0 Å². The fourth-order valence-electron chi connectivity index (χ4n) is 2.87. The molecule has 0 aliphatic carbocycles. The summed E-state index contributed by atoms with van der Waals surface area (Å²) in [5, 5.41) is 62.2. The first kappa shape index (κ1) is 26.6. The Morgan fingerprint density at radius 3 is 1.50 bits per heavy atom. The van der Waals surface area contributed by atoms with Gasteiger partial charge < -0.3 is 4.79 Å². The van der Waals surface area contributed by atoms with Crippen molar-refractivity contribution in [3.63, 3.8) is 0 Å². The van der Waals surface area contributed by atoms with Crippen molar-refractivity contribution in [1.29, 1.82) is 0 Å². The lowest BCUT2D eigenvalue weighted by atomic mass is 10.0. The van der Waals surface area contributed by atoms with Gasteiger partial charge in [-0.2, -0.15) is 5.10 Å². The van der Waals surface area contributed by atoms with E-state index >= 15 is 0 Å². The highest BCUT2D eigenvalue weighted by Crippen LogP contribution is 2.43. The van der Waals surface area contributed by atoms with E-state index in [9.17, 15) is 55.4 Å². The van der Waals surface area contributed by atoms with Gasteiger partial charge in [-0.15, -0.1) is 0 Å². The van der Waals surface area contributed by atoms with Crippen LogP contribution in [0.2, 0.25) is 0 Å². The van der Waals surface area contributed by atoms with Gasteiger partial charge in [0, 0.05) is 12.1 Å². The van der Waals surface area contributed by atoms with Crippen molar-refractivity contribution in [2.24, 2.45) is 0 Å². The van der Waals surface area contributed by atoms with Crippen LogP contribution < -0.4 is 0 Å². The van der Waals surface area contributed by atoms with Gasteiger partial charge in [0.05, 0.1) is 47.9 Å². The minimum Gasteiger partial charge on any atom is -0.300 e.